The van der Waals surface area contributed by atoms with E-state index in [-0.39, 0.29) is 6.09 Å². The number of benzene rings is 1. The van der Waals surface area contributed by atoms with Crippen molar-refractivity contribution < 1.29 is 14.3 Å². The number of amides is 1. The van der Waals surface area contributed by atoms with Gasteiger partial charge in [-0.1, -0.05) is 13.8 Å². The molecule has 1 amide bonds. The van der Waals surface area contributed by atoms with Crippen molar-refractivity contribution in [1.29, 1.82) is 0 Å². The van der Waals surface area contributed by atoms with E-state index < -0.39 is 0 Å². The Balaban J connectivity index is 0.000000704. The van der Waals surface area contributed by atoms with Crippen LogP contribution < -0.4 is 15.0 Å². The van der Waals surface area contributed by atoms with Crippen LogP contribution in [0.2, 0.25) is 0 Å². The number of fused-ring (bicyclic) bond motifs is 1. The van der Waals surface area contributed by atoms with E-state index in [9.17, 15) is 4.79 Å². The van der Waals surface area contributed by atoms with E-state index in [1.54, 1.807) is 12.0 Å². The lowest BCUT2D eigenvalue weighted by molar-refractivity contribution is 0.140. The normalized spacial score (nSPS) is 16.9. The Kier molecular flexibility index (Phi) is 4.84. The van der Waals surface area contributed by atoms with E-state index in [4.69, 9.17) is 9.47 Å². The van der Waals surface area contributed by atoms with Gasteiger partial charge in [0.2, 0.25) is 0 Å². The Labute approximate surface area is 119 Å². The standard InChI is InChI=1S/C13H16N2O3.C2H6/c1-17-12-6-10-8-14-7-9(10)5-11(12)15-3-2-4-18-13(15)16;1-2/h5-6,14H,2-4,7-8H2,1H3;1-2H3. The molecular weight excluding hydrogens is 256 g/mol. The summed E-state index contributed by atoms with van der Waals surface area (Å²) in [6.07, 6.45) is 0.565. The van der Waals surface area contributed by atoms with Gasteiger partial charge in [-0.15, -0.1) is 0 Å². The van der Waals surface area contributed by atoms with Crippen molar-refractivity contribution >= 4 is 11.8 Å². The fourth-order valence-corrected chi connectivity index (χ4v) is 2.46. The molecule has 2 heterocycles. The molecule has 0 saturated carbocycles. The molecule has 1 aromatic carbocycles. The molecule has 3 rings (SSSR count). The molecule has 0 atom stereocenters. The Bertz CT molecular complexity index is 488. The zero-order valence-corrected chi connectivity index (χ0v) is 12.4. The quantitative estimate of drug-likeness (QED) is 0.903. The Morgan fingerprint density at radius 1 is 1.25 bits per heavy atom. The van der Waals surface area contributed by atoms with E-state index >= 15 is 0 Å². The van der Waals surface area contributed by atoms with Gasteiger partial charge in [-0.3, -0.25) is 4.90 Å². The van der Waals surface area contributed by atoms with Crippen LogP contribution in [-0.4, -0.2) is 26.4 Å². The van der Waals surface area contributed by atoms with E-state index in [0.29, 0.717) is 13.2 Å². The van der Waals surface area contributed by atoms with Crippen LogP contribution in [0.5, 0.6) is 5.75 Å². The molecule has 20 heavy (non-hydrogen) atoms. The van der Waals surface area contributed by atoms with Gasteiger partial charge in [-0.2, -0.15) is 0 Å². The van der Waals surface area contributed by atoms with Crippen LogP contribution in [-0.2, 0) is 17.8 Å². The topological polar surface area (TPSA) is 50.8 Å². The number of cyclic esters (lactones) is 1. The molecule has 110 valence electrons. The number of hydrogen-bond acceptors (Lipinski definition) is 4. The predicted octanol–water partition coefficient (Wildman–Crippen LogP) is 2.67. The first kappa shape index (κ1) is 14.7. The van der Waals surface area contributed by atoms with Gasteiger partial charge in [0, 0.05) is 19.6 Å². The second-order valence-corrected chi connectivity index (χ2v) is 4.52. The maximum Gasteiger partial charge on any atom is 0.414 e. The molecule has 2 aliphatic heterocycles. The van der Waals surface area contributed by atoms with Crippen molar-refractivity contribution in [2.75, 3.05) is 25.2 Å². The van der Waals surface area contributed by atoms with E-state index in [0.717, 1.165) is 30.9 Å². The lowest BCUT2D eigenvalue weighted by atomic mass is 10.1. The smallest absolute Gasteiger partial charge is 0.414 e. The van der Waals surface area contributed by atoms with Gasteiger partial charge < -0.3 is 14.8 Å². The second kappa shape index (κ2) is 6.61. The van der Waals surface area contributed by atoms with Crippen molar-refractivity contribution in [3.8, 4) is 5.75 Å². The number of hydrogen-bond donors (Lipinski definition) is 1. The third kappa shape index (κ3) is 2.72. The number of ether oxygens (including phenoxy) is 2. The highest BCUT2D eigenvalue weighted by Gasteiger charge is 2.26. The molecule has 5 nitrogen and oxygen atoms in total. The largest absolute Gasteiger partial charge is 0.495 e. The summed E-state index contributed by atoms with van der Waals surface area (Å²) in [4.78, 5) is 13.4. The summed E-state index contributed by atoms with van der Waals surface area (Å²) in [5.74, 6) is 0.733. The van der Waals surface area contributed by atoms with Crippen molar-refractivity contribution in [3.05, 3.63) is 23.3 Å². The number of anilines is 1. The Hall–Kier alpha value is -1.75. The fourth-order valence-electron chi connectivity index (χ4n) is 2.46. The SMILES string of the molecule is CC.COc1cc2c(cc1N1CCCOC1=O)CNC2. The number of methoxy groups -OCH3 is 1. The molecule has 1 saturated heterocycles. The molecule has 0 radical (unpaired) electrons. The molecule has 0 aromatic heterocycles. The first-order valence-corrected chi connectivity index (χ1v) is 7.14. The number of carbonyl (C=O) groups excluding carboxylic acids is 1. The number of carbonyl (C=O) groups is 1. The van der Waals surface area contributed by atoms with Gasteiger partial charge >= 0.3 is 6.09 Å². The lowest BCUT2D eigenvalue weighted by Crippen LogP contribution is -2.38. The van der Waals surface area contributed by atoms with Crippen molar-refractivity contribution in [3.63, 3.8) is 0 Å². The van der Waals surface area contributed by atoms with Crippen molar-refractivity contribution in [2.24, 2.45) is 0 Å². The van der Waals surface area contributed by atoms with Gasteiger partial charge in [-0.05, 0) is 29.7 Å². The third-order valence-electron chi connectivity index (χ3n) is 3.39. The molecule has 0 bridgehead atoms. The summed E-state index contributed by atoms with van der Waals surface area (Å²) in [5.41, 5.74) is 3.27. The van der Waals surface area contributed by atoms with Crippen LogP contribution >= 0.6 is 0 Å². The van der Waals surface area contributed by atoms with Gasteiger partial charge in [0.15, 0.2) is 0 Å². The summed E-state index contributed by atoms with van der Waals surface area (Å²) in [5, 5.41) is 3.29. The minimum absolute atomic E-state index is 0.287. The fraction of sp³-hybridized carbons (Fsp3) is 0.533. The van der Waals surface area contributed by atoms with Crippen LogP contribution in [0.25, 0.3) is 0 Å². The lowest BCUT2D eigenvalue weighted by Gasteiger charge is -2.28. The summed E-state index contributed by atoms with van der Waals surface area (Å²) in [7, 11) is 1.63. The molecule has 1 fully saturated rings. The third-order valence-corrected chi connectivity index (χ3v) is 3.39. The van der Waals surface area contributed by atoms with Crippen LogP contribution in [0.3, 0.4) is 0 Å². The molecular formula is C15H22N2O3. The second-order valence-electron chi connectivity index (χ2n) is 4.52. The number of nitrogens with one attached hydrogen (secondary N) is 1. The molecule has 5 heteroatoms. The van der Waals surface area contributed by atoms with Gasteiger partial charge in [-0.25, -0.2) is 4.79 Å². The summed E-state index contributed by atoms with van der Waals surface area (Å²) in [6.45, 7) is 6.89. The monoisotopic (exact) mass is 278 g/mol. The van der Waals surface area contributed by atoms with Crippen molar-refractivity contribution in [1.82, 2.24) is 5.32 Å². The van der Waals surface area contributed by atoms with Crippen molar-refractivity contribution in [2.45, 2.75) is 33.4 Å². The first-order valence-electron chi connectivity index (χ1n) is 7.14. The Morgan fingerprint density at radius 2 is 1.95 bits per heavy atom. The maximum atomic E-state index is 11.8. The van der Waals surface area contributed by atoms with E-state index in [1.165, 1.54) is 11.1 Å². The summed E-state index contributed by atoms with van der Waals surface area (Å²) >= 11 is 0. The zero-order chi connectivity index (χ0) is 14.5. The average molecular weight is 278 g/mol. The van der Waals surface area contributed by atoms with Crippen LogP contribution in [0.1, 0.15) is 31.4 Å². The number of rotatable bonds is 2. The van der Waals surface area contributed by atoms with Crippen LogP contribution in [0.4, 0.5) is 10.5 Å². The van der Waals surface area contributed by atoms with E-state index in [1.807, 2.05) is 26.0 Å². The van der Waals surface area contributed by atoms with Gasteiger partial charge in [0.1, 0.15) is 5.75 Å². The minimum atomic E-state index is -0.287. The first-order chi connectivity index (χ1) is 9.79. The molecule has 2 aliphatic rings. The summed E-state index contributed by atoms with van der Waals surface area (Å²) < 4.78 is 10.5. The molecule has 1 N–H and O–H groups in total. The van der Waals surface area contributed by atoms with Gasteiger partial charge in [0.05, 0.1) is 19.4 Å². The van der Waals surface area contributed by atoms with Gasteiger partial charge in [0.25, 0.3) is 0 Å². The average Bonchev–Trinajstić information content (AvgIpc) is 2.95. The molecule has 0 unspecified atom stereocenters. The number of nitrogens with zero attached hydrogens (tertiary/aromatic N) is 1. The zero-order valence-electron chi connectivity index (χ0n) is 12.4. The van der Waals surface area contributed by atoms with Crippen LogP contribution in [0, 0.1) is 0 Å². The highest BCUT2D eigenvalue weighted by Crippen LogP contribution is 2.34. The highest BCUT2D eigenvalue weighted by molar-refractivity contribution is 5.90. The van der Waals surface area contributed by atoms with E-state index in [2.05, 4.69) is 5.32 Å². The summed E-state index contributed by atoms with van der Waals surface area (Å²) in [6, 6.07) is 4.04. The maximum absolute atomic E-state index is 11.8. The Morgan fingerprint density at radius 3 is 2.60 bits per heavy atom. The molecule has 1 aromatic rings. The van der Waals surface area contributed by atoms with Crippen LogP contribution in [0.15, 0.2) is 12.1 Å². The highest BCUT2D eigenvalue weighted by atomic mass is 16.6. The molecule has 0 spiro atoms. The minimum Gasteiger partial charge on any atom is -0.495 e. The predicted molar refractivity (Wildman–Crippen MR) is 78.2 cm³/mol. The molecule has 0 aliphatic carbocycles.